The Morgan fingerprint density at radius 1 is 1.20 bits per heavy atom. The van der Waals surface area contributed by atoms with Gasteiger partial charge in [-0.2, -0.15) is 5.10 Å². The molecule has 126 valence electrons. The van der Waals surface area contributed by atoms with E-state index in [4.69, 9.17) is 22.7 Å². The molecule has 1 aromatic heterocycles. The Morgan fingerprint density at radius 3 is 2.76 bits per heavy atom. The number of halogens is 1. The van der Waals surface area contributed by atoms with Crippen LogP contribution in [0.3, 0.4) is 0 Å². The quantitative estimate of drug-likeness (QED) is 0.322. The van der Waals surface area contributed by atoms with Crippen LogP contribution in [-0.4, -0.2) is 16.7 Å². The molecule has 0 fully saturated rings. The van der Waals surface area contributed by atoms with Crippen molar-refractivity contribution in [1.29, 1.82) is 5.41 Å². The molecule has 25 heavy (non-hydrogen) atoms. The number of nitrogens with one attached hydrogen (secondary N) is 3. The van der Waals surface area contributed by atoms with Gasteiger partial charge in [0.1, 0.15) is 0 Å². The van der Waals surface area contributed by atoms with Crippen LogP contribution in [0.1, 0.15) is 29.2 Å². The van der Waals surface area contributed by atoms with Gasteiger partial charge >= 0.3 is 0 Å². The zero-order valence-corrected chi connectivity index (χ0v) is 14.3. The van der Waals surface area contributed by atoms with E-state index >= 15 is 0 Å². The summed E-state index contributed by atoms with van der Waals surface area (Å²) in [7, 11) is 0. The van der Waals surface area contributed by atoms with Crippen molar-refractivity contribution in [3.05, 3.63) is 70.4 Å². The molecule has 1 unspecified atom stereocenters. The lowest BCUT2D eigenvalue weighted by Gasteiger charge is -2.24. The number of aromatic amines is 1. The molecule has 0 bridgehead atoms. The predicted molar refractivity (Wildman–Crippen MR) is 102 cm³/mol. The molecule has 1 heterocycles. The van der Waals surface area contributed by atoms with E-state index in [9.17, 15) is 0 Å². The van der Waals surface area contributed by atoms with Gasteiger partial charge in [-0.1, -0.05) is 41.9 Å². The largest absolute Gasteiger partial charge is 0.369 e. The highest BCUT2D eigenvalue weighted by molar-refractivity contribution is 6.31. The number of H-pyrrole nitrogens is 1. The van der Waals surface area contributed by atoms with E-state index < -0.39 is 0 Å². The third-order valence-electron chi connectivity index (χ3n) is 4.60. The molecule has 1 aliphatic rings. The summed E-state index contributed by atoms with van der Waals surface area (Å²) in [5, 5.41) is 13.6. The highest BCUT2D eigenvalue weighted by Crippen LogP contribution is 2.37. The Hall–Kier alpha value is -2.79. The van der Waals surface area contributed by atoms with Crippen LogP contribution in [-0.2, 0) is 6.42 Å². The van der Waals surface area contributed by atoms with Crippen molar-refractivity contribution in [3.8, 4) is 0 Å². The van der Waals surface area contributed by atoms with Crippen LogP contribution in [0.4, 0.5) is 0 Å². The monoisotopic (exact) mass is 351 g/mol. The second-order valence-corrected chi connectivity index (χ2v) is 6.70. The maximum Gasteiger partial charge on any atom is 0.206 e. The second kappa shape index (κ2) is 6.26. The number of rotatable bonds is 2. The summed E-state index contributed by atoms with van der Waals surface area (Å²) in [4.78, 5) is 3.51. The zero-order valence-electron chi connectivity index (χ0n) is 13.5. The lowest BCUT2D eigenvalue weighted by atomic mass is 9.81. The number of hydrazone groups is 1. The van der Waals surface area contributed by atoms with Gasteiger partial charge in [0, 0.05) is 27.2 Å². The van der Waals surface area contributed by atoms with Gasteiger partial charge in [-0.3, -0.25) is 5.41 Å². The van der Waals surface area contributed by atoms with Gasteiger partial charge in [0.2, 0.25) is 5.96 Å². The van der Waals surface area contributed by atoms with Crippen LogP contribution >= 0.6 is 11.6 Å². The number of hydrogen-bond acceptors (Lipinski definition) is 2. The first-order valence-electron chi connectivity index (χ1n) is 8.14. The molecular weight excluding hydrogens is 334 g/mol. The zero-order chi connectivity index (χ0) is 17.4. The highest BCUT2D eigenvalue weighted by Gasteiger charge is 2.28. The number of fused-ring (bicyclic) bond motifs is 3. The third-order valence-corrected chi connectivity index (χ3v) is 4.83. The van der Waals surface area contributed by atoms with Crippen LogP contribution in [0.5, 0.6) is 0 Å². The van der Waals surface area contributed by atoms with E-state index in [1.54, 1.807) is 0 Å². The Labute approximate surface area is 150 Å². The van der Waals surface area contributed by atoms with Gasteiger partial charge in [0.15, 0.2) is 0 Å². The summed E-state index contributed by atoms with van der Waals surface area (Å²) in [5.41, 5.74) is 13.4. The van der Waals surface area contributed by atoms with E-state index in [2.05, 4.69) is 39.8 Å². The fourth-order valence-corrected chi connectivity index (χ4v) is 3.72. The lowest BCUT2D eigenvalue weighted by molar-refractivity contribution is 0.683. The predicted octanol–water partition coefficient (Wildman–Crippen LogP) is 3.74. The first-order chi connectivity index (χ1) is 12.1. The van der Waals surface area contributed by atoms with Crippen molar-refractivity contribution in [2.75, 3.05) is 0 Å². The topological polar surface area (TPSA) is 90.1 Å². The van der Waals surface area contributed by atoms with E-state index in [1.807, 2.05) is 24.3 Å². The van der Waals surface area contributed by atoms with Crippen molar-refractivity contribution in [3.63, 3.8) is 0 Å². The van der Waals surface area contributed by atoms with E-state index in [0.29, 0.717) is 10.9 Å². The van der Waals surface area contributed by atoms with Gasteiger partial charge in [-0.15, -0.1) is 0 Å². The molecule has 0 saturated carbocycles. The molecular formula is C19H18ClN5. The molecule has 0 saturated heterocycles. The summed E-state index contributed by atoms with van der Waals surface area (Å²) in [6.45, 7) is 0. The standard InChI is InChI=1S/C19H18ClN5/c20-13-6-7-15-14(10-13)18-16(23-15)8-12(11-4-2-1-3-5-11)9-17(18)24-25-19(21)22/h1-7,10,12,23H,8-9H2,(H4,21,22,25). The molecule has 0 radical (unpaired) electrons. The van der Waals surface area contributed by atoms with Crippen molar-refractivity contribution >= 4 is 34.2 Å². The first kappa shape index (κ1) is 15.7. The Kier molecular flexibility index (Phi) is 3.93. The number of nitrogens with zero attached hydrogens (tertiary/aromatic N) is 1. The fourth-order valence-electron chi connectivity index (χ4n) is 3.55. The van der Waals surface area contributed by atoms with Crippen LogP contribution in [0.25, 0.3) is 10.9 Å². The summed E-state index contributed by atoms with van der Waals surface area (Å²) in [5.74, 6) is 0.151. The molecule has 0 aliphatic heterocycles. The van der Waals surface area contributed by atoms with Gasteiger partial charge in [0.05, 0.1) is 5.71 Å². The fraction of sp³-hybridized carbons (Fsp3) is 0.158. The molecule has 0 amide bonds. The SMILES string of the molecule is N=C(N)NN=C1CC(c2ccccc2)Cc2[nH]c3ccc(Cl)cc3c21. The summed E-state index contributed by atoms with van der Waals surface area (Å²) in [6.07, 6.45) is 1.68. The first-order valence-corrected chi connectivity index (χ1v) is 8.51. The summed E-state index contributed by atoms with van der Waals surface area (Å²) in [6, 6.07) is 16.2. The Morgan fingerprint density at radius 2 is 2.00 bits per heavy atom. The minimum Gasteiger partial charge on any atom is -0.369 e. The second-order valence-electron chi connectivity index (χ2n) is 6.27. The molecule has 6 heteroatoms. The van der Waals surface area contributed by atoms with Crippen LogP contribution in [0.2, 0.25) is 5.02 Å². The maximum absolute atomic E-state index is 7.40. The van der Waals surface area contributed by atoms with Crippen molar-refractivity contribution < 1.29 is 0 Å². The van der Waals surface area contributed by atoms with E-state index in [0.717, 1.165) is 40.7 Å². The average molecular weight is 352 g/mol. The Bertz CT molecular complexity index is 974. The molecule has 1 atom stereocenters. The van der Waals surface area contributed by atoms with Crippen LogP contribution < -0.4 is 11.2 Å². The number of guanidine groups is 1. The lowest BCUT2D eigenvalue weighted by Crippen LogP contribution is -2.28. The Balaban J connectivity index is 1.85. The average Bonchev–Trinajstić information content (AvgIpc) is 2.98. The molecule has 4 rings (SSSR count). The summed E-state index contributed by atoms with van der Waals surface area (Å²) >= 11 is 6.19. The van der Waals surface area contributed by atoms with Crippen molar-refractivity contribution in [2.45, 2.75) is 18.8 Å². The third kappa shape index (κ3) is 2.98. The minimum atomic E-state index is -0.172. The van der Waals surface area contributed by atoms with Gasteiger partial charge in [-0.25, -0.2) is 5.43 Å². The molecule has 5 N–H and O–H groups in total. The molecule has 0 spiro atoms. The number of aromatic nitrogens is 1. The van der Waals surface area contributed by atoms with Crippen LogP contribution in [0.15, 0.2) is 53.6 Å². The van der Waals surface area contributed by atoms with Gasteiger partial charge in [0.25, 0.3) is 0 Å². The highest BCUT2D eigenvalue weighted by atomic mass is 35.5. The molecule has 1 aliphatic carbocycles. The van der Waals surface area contributed by atoms with Crippen LogP contribution in [0, 0.1) is 5.41 Å². The minimum absolute atomic E-state index is 0.172. The molecule has 3 aromatic rings. The van der Waals surface area contributed by atoms with Crippen molar-refractivity contribution in [2.24, 2.45) is 10.8 Å². The van der Waals surface area contributed by atoms with E-state index in [1.165, 1.54) is 5.56 Å². The smallest absolute Gasteiger partial charge is 0.206 e. The van der Waals surface area contributed by atoms with Gasteiger partial charge < -0.3 is 10.7 Å². The molecule has 2 aromatic carbocycles. The molecule has 5 nitrogen and oxygen atoms in total. The number of hydrogen-bond donors (Lipinski definition) is 4. The normalized spacial score (nSPS) is 18.3. The number of benzene rings is 2. The van der Waals surface area contributed by atoms with Crippen molar-refractivity contribution in [1.82, 2.24) is 10.4 Å². The number of nitrogens with two attached hydrogens (primary N) is 1. The van der Waals surface area contributed by atoms with E-state index in [-0.39, 0.29) is 5.96 Å². The van der Waals surface area contributed by atoms with Gasteiger partial charge in [-0.05, 0) is 42.5 Å². The summed E-state index contributed by atoms with van der Waals surface area (Å²) < 4.78 is 0. The maximum atomic E-state index is 7.40.